The zero-order valence-electron chi connectivity index (χ0n) is 15.8. The number of benzene rings is 2. The molecule has 9 heteroatoms. The third-order valence-electron chi connectivity index (χ3n) is 4.32. The number of methoxy groups -OCH3 is 1. The molecule has 4 rings (SSSR count). The van der Waals surface area contributed by atoms with E-state index in [0.29, 0.717) is 4.48 Å². The van der Waals surface area contributed by atoms with E-state index in [4.69, 9.17) is 16.3 Å². The number of halogens is 1. The topological polar surface area (TPSA) is 84.9 Å². The first kappa shape index (κ1) is 20.7. The van der Waals surface area contributed by atoms with E-state index < -0.39 is 25.6 Å². The molecule has 0 bridgehead atoms. The van der Waals surface area contributed by atoms with Gasteiger partial charge in [0.05, 0.1) is 0 Å². The standard InChI is InChI=1S/C21H16AsClN3O3S/c1-29-15-9-7-14(8-10-15)17-13-19(26-25-17)22-21-18(11-12-20(23)24-21)30(27,28)16-5-3-2-4-6-16/h2-13H,1H3,(H,25,26). The van der Waals surface area contributed by atoms with Gasteiger partial charge in [-0.1, -0.05) is 0 Å². The van der Waals surface area contributed by atoms with Crippen LogP contribution in [0.25, 0.3) is 11.3 Å². The summed E-state index contributed by atoms with van der Waals surface area (Å²) in [5.74, 6) is 0.764. The summed E-state index contributed by atoms with van der Waals surface area (Å²) in [5, 5.41) is 7.61. The van der Waals surface area contributed by atoms with Crippen LogP contribution in [0.2, 0.25) is 5.15 Å². The number of ether oxygens (including phenoxy) is 1. The summed E-state index contributed by atoms with van der Waals surface area (Å²) in [7, 11) is -2.09. The molecule has 151 valence electrons. The van der Waals surface area contributed by atoms with Crippen molar-refractivity contribution in [2.24, 2.45) is 0 Å². The Labute approximate surface area is 185 Å². The van der Waals surface area contributed by atoms with Crippen molar-refractivity contribution in [1.82, 2.24) is 15.2 Å². The summed E-state index contributed by atoms with van der Waals surface area (Å²) in [6.45, 7) is 0. The number of hydrogen-bond acceptors (Lipinski definition) is 5. The summed E-state index contributed by atoms with van der Waals surface area (Å²) >= 11 is 5.29. The molecule has 2 aromatic heterocycles. The third kappa shape index (κ3) is 4.29. The van der Waals surface area contributed by atoms with Crippen molar-refractivity contribution in [3.8, 4) is 17.0 Å². The van der Waals surface area contributed by atoms with E-state index in [1.807, 2.05) is 30.3 Å². The monoisotopic (exact) mass is 500 g/mol. The van der Waals surface area contributed by atoms with Gasteiger partial charge in [-0.15, -0.1) is 0 Å². The van der Waals surface area contributed by atoms with Gasteiger partial charge in [-0.3, -0.25) is 0 Å². The van der Waals surface area contributed by atoms with Gasteiger partial charge in [0.2, 0.25) is 0 Å². The zero-order valence-corrected chi connectivity index (χ0v) is 19.2. The molecule has 0 atom stereocenters. The van der Waals surface area contributed by atoms with Crippen LogP contribution in [0, 0.1) is 0 Å². The van der Waals surface area contributed by atoms with E-state index in [1.54, 1.807) is 37.4 Å². The summed E-state index contributed by atoms with van der Waals surface area (Å²) in [6.07, 6.45) is 0. The van der Waals surface area contributed by atoms with E-state index in [1.165, 1.54) is 12.1 Å². The number of nitrogens with zero attached hydrogens (tertiary/aromatic N) is 2. The number of H-pyrrole nitrogens is 1. The number of aromatic nitrogens is 3. The molecule has 30 heavy (non-hydrogen) atoms. The fourth-order valence-corrected chi connectivity index (χ4v) is 7.19. The maximum atomic E-state index is 13.1. The van der Waals surface area contributed by atoms with Crippen LogP contribution in [-0.4, -0.2) is 46.5 Å². The number of rotatable bonds is 6. The SMILES string of the molecule is COc1ccc(-c2cc([As]c3nc(Cl)ccc3S(=O)(=O)c3ccccc3)[nH]n2)cc1. The van der Waals surface area contributed by atoms with Crippen molar-refractivity contribution in [3.05, 3.63) is 77.9 Å². The Kier molecular flexibility index (Phi) is 5.95. The summed E-state index contributed by atoms with van der Waals surface area (Å²) in [6, 6.07) is 20.8. The first-order chi connectivity index (χ1) is 14.5. The van der Waals surface area contributed by atoms with Gasteiger partial charge in [0, 0.05) is 0 Å². The predicted octanol–water partition coefficient (Wildman–Crippen LogP) is 2.62. The molecule has 6 nitrogen and oxygen atoms in total. The van der Waals surface area contributed by atoms with E-state index in [-0.39, 0.29) is 14.9 Å². The molecule has 0 aliphatic heterocycles. The van der Waals surface area contributed by atoms with Gasteiger partial charge in [-0.25, -0.2) is 0 Å². The number of pyridine rings is 1. The van der Waals surface area contributed by atoms with Crippen LogP contribution >= 0.6 is 11.6 Å². The molecule has 0 fully saturated rings. The van der Waals surface area contributed by atoms with Gasteiger partial charge < -0.3 is 0 Å². The van der Waals surface area contributed by atoms with Crippen molar-refractivity contribution in [1.29, 1.82) is 0 Å². The quantitative estimate of drug-likeness (QED) is 0.325. The predicted molar refractivity (Wildman–Crippen MR) is 117 cm³/mol. The molecule has 0 unspecified atom stereocenters. The van der Waals surface area contributed by atoms with Crippen LogP contribution in [0.4, 0.5) is 0 Å². The van der Waals surface area contributed by atoms with Gasteiger partial charge in [0.25, 0.3) is 0 Å². The molecule has 0 saturated carbocycles. The molecule has 0 saturated heterocycles. The van der Waals surface area contributed by atoms with Crippen LogP contribution in [0.1, 0.15) is 0 Å². The first-order valence-corrected chi connectivity index (χ1v) is 12.6. The zero-order chi connectivity index (χ0) is 21.1. The van der Waals surface area contributed by atoms with E-state index in [0.717, 1.165) is 21.5 Å². The second-order valence-electron chi connectivity index (χ2n) is 6.25. The van der Waals surface area contributed by atoms with Gasteiger partial charge in [0.1, 0.15) is 0 Å². The molecular weight excluding hydrogens is 485 g/mol. The minimum absolute atomic E-state index is 0.165. The molecule has 2 aromatic carbocycles. The summed E-state index contributed by atoms with van der Waals surface area (Å²) in [4.78, 5) is 4.72. The van der Waals surface area contributed by atoms with Crippen molar-refractivity contribution in [2.45, 2.75) is 9.79 Å². The molecule has 0 spiro atoms. The fourth-order valence-electron chi connectivity index (χ4n) is 2.82. The Hall–Kier alpha value is -2.60. The van der Waals surface area contributed by atoms with Crippen LogP contribution in [0.3, 0.4) is 0 Å². The maximum absolute atomic E-state index is 13.1. The second kappa shape index (κ2) is 8.64. The molecule has 2 heterocycles. The van der Waals surface area contributed by atoms with Crippen LogP contribution in [0.15, 0.2) is 82.6 Å². The van der Waals surface area contributed by atoms with Crippen molar-refractivity contribution in [3.63, 3.8) is 0 Å². The van der Waals surface area contributed by atoms with Crippen molar-refractivity contribution in [2.75, 3.05) is 7.11 Å². The second-order valence-corrected chi connectivity index (χ2v) is 10.9. The summed E-state index contributed by atoms with van der Waals surface area (Å²) in [5.41, 5.74) is 1.69. The van der Waals surface area contributed by atoms with Gasteiger partial charge in [-0.2, -0.15) is 0 Å². The molecule has 0 aliphatic carbocycles. The molecule has 0 aliphatic rings. The molecule has 4 aromatic rings. The molecule has 1 radical (unpaired) electrons. The summed E-state index contributed by atoms with van der Waals surface area (Å²) < 4.78 is 32.7. The van der Waals surface area contributed by atoms with Crippen LogP contribution < -0.4 is 13.7 Å². The van der Waals surface area contributed by atoms with Gasteiger partial charge >= 0.3 is 186 Å². The Morgan fingerprint density at radius 1 is 1.00 bits per heavy atom. The van der Waals surface area contributed by atoms with E-state index in [9.17, 15) is 8.42 Å². The number of hydrogen-bond donors (Lipinski definition) is 1. The Balaban J connectivity index is 1.67. The average molecular weight is 501 g/mol. The third-order valence-corrected chi connectivity index (χ3v) is 8.81. The number of aromatic amines is 1. The number of sulfone groups is 1. The molecule has 1 N–H and O–H groups in total. The Morgan fingerprint density at radius 2 is 1.73 bits per heavy atom. The Morgan fingerprint density at radius 3 is 2.43 bits per heavy atom. The molecule has 0 amide bonds. The van der Waals surface area contributed by atoms with Crippen molar-refractivity contribution < 1.29 is 13.2 Å². The van der Waals surface area contributed by atoms with Crippen LogP contribution in [0.5, 0.6) is 5.75 Å². The first-order valence-electron chi connectivity index (χ1n) is 8.85. The molecular formula is C21H16AsClN3O3S. The average Bonchev–Trinajstić information content (AvgIpc) is 3.23. The normalized spacial score (nSPS) is 11.8. The van der Waals surface area contributed by atoms with E-state index in [2.05, 4.69) is 15.2 Å². The Bertz CT molecular complexity index is 1280. The van der Waals surface area contributed by atoms with Crippen molar-refractivity contribution >= 4 is 46.2 Å². The minimum atomic E-state index is -3.71. The fraction of sp³-hybridized carbons (Fsp3) is 0.0476. The number of nitrogens with one attached hydrogen (secondary N) is 1. The van der Waals surface area contributed by atoms with Gasteiger partial charge in [-0.05, 0) is 0 Å². The van der Waals surface area contributed by atoms with Gasteiger partial charge in [0.15, 0.2) is 0 Å². The van der Waals surface area contributed by atoms with E-state index >= 15 is 0 Å². The van der Waals surface area contributed by atoms with Crippen LogP contribution in [-0.2, 0) is 9.84 Å².